The number of carbonyl (C=O) groups excluding carboxylic acids is 1. The van der Waals surface area contributed by atoms with E-state index in [1.54, 1.807) is 13.1 Å². The Balaban J connectivity index is 2.19. The van der Waals surface area contributed by atoms with Gasteiger partial charge in [-0.15, -0.1) is 11.3 Å². The first-order valence-corrected chi connectivity index (χ1v) is 8.47. The first kappa shape index (κ1) is 18.6. The van der Waals surface area contributed by atoms with Gasteiger partial charge in [-0.25, -0.2) is 9.78 Å². The Labute approximate surface area is 148 Å². The summed E-state index contributed by atoms with van der Waals surface area (Å²) in [5, 5.41) is 22.2. The molecule has 9 nitrogen and oxygen atoms in total. The summed E-state index contributed by atoms with van der Waals surface area (Å²) in [4.78, 5) is 33.7. The van der Waals surface area contributed by atoms with Crippen LogP contribution in [-0.4, -0.2) is 44.0 Å². The number of nitrogens with zero attached hydrogens (tertiary/aromatic N) is 3. The Hall–Kier alpha value is -2.75. The standard InChI is InChI=1S/C15H19N5O4S/c1-4-10(14(22)23)24-20-12(9-5-6-17-19-9)13(21)18-15-16-7-11(25-15)8(2)3/h5-8,10H,4H2,1-3H3,(H,17,19)(H,22,23)(H,16,18,21). The predicted octanol–water partition coefficient (Wildman–Crippen LogP) is 2.21. The summed E-state index contributed by atoms with van der Waals surface area (Å²) >= 11 is 1.36. The van der Waals surface area contributed by atoms with Crippen LogP contribution in [0.15, 0.2) is 23.6 Å². The number of hydrogen-bond donors (Lipinski definition) is 3. The van der Waals surface area contributed by atoms with Crippen molar-refractivity contribution in [2.45, 2.75) is 39.2 Å². The van der Waals surface area contributed by atoms with E-state index >= 15 is 0 Å². The zero-order chi connectivity index (χ0) is 18.4. The third-order valence-electron chi connectivity index (χ3n) is 3.20. The van der Waals surface area contributed by atoms with E-state index in [4.69, 9.17) is 9.94 Å². The number of rotatable bonds is 8. The Morgan fingerprint density at radius 3 is 2.76 bits per heavy atom. The summed E-state index contributed by atoms with van der Waals surface area (Å²) in [6.45, 7) is 5.70. The van der Waals surface area contributed by atoms with Gasteiger partial charge in [0.25, 0.3) is 5.91 Å². The van der Waals surface area contributed by atoms with Gasteiger partial charge in [0.1, 0.15) is 0 Å². The van der Waals surface area contributed by atoms with Crippen LogP contribution in [-0.2, 0) is 14.4 Å². The molecular weight excluding hydrogens is 346 g/mol. The average Bonchev–Trinajstić information content (AvgIpc) is 3.22. The van der Waals surface area contributed by atoms with E-state index in [1.807, 2.05) is 13.8 Å². The molecule has 0 aliphatic rings. The second kappa shape index (κ2) is 8.38. The molecule has 0 aliphatic heterocycles. The largest absolute Gasteiger partial charge is 0.478 e. The highest BCUT2D eigenvalue weighted by Gasteiger charge is 2.22. The molecule has 3 N–H and O–H groups in total. The van der Waals surface area contributed by atoms with Crippen molar-refractivity contribution in [2.75, 3.05) is 5.32 Å². The van der Waals surface area contributed by atoms with Gasteiger partial charge in [-0.2, -0.15) is 5.10 Å². The molecule has 2 heterocycles. The normalized spacial score (nSPS) is 12.9. The lowest BCUT2D eigenvalue weighted by molar-refractivity contribution is -0.150. The molecule has 0 fully saturated rings. The fourth-order valence-electron chi connectivity index (χ4n) is 1.78. The third kappa shape index (κ3) is 4.86. The number of carboxylic acids is 1. The number of amides is 1. The number of nitrogens with one attached hydrogen (secondary N) is 2. The molecule has 25 heavy (non-hydrogen) atoms. The zero-order valence-electron chi connectivity index (χ0n) is 14.0. The number of hydrogen-bond acceptors (Lipinski definition) is 7. The lowest BCUT2D eigenvalue weighted by atomic mass is 10.2. The van der Waals surface area contributed by atoms with Gasteiger partial charge in [0.2, 0.25) is 6.10 Å². The monoisotopic (exact) mass is 365 g/mol. The Bertz CT molecular complexity index is 754. The van der Waals surface area contributed by atoms with Crippen molar-refractivity contribution in [1.82, 2.24) is 15.2 Å². The molecule has 0 aromatic carbocycles. The number of carboxylic acid groups (broad SMARTS) is 1. The SMILES string of the molecule is CCC(ON=C(C(=O)Nc1ncc(C(C)C)s1)c1ccn[nH]1)C(=O)O. The Morgan fingerprint density at radius 2 is 2.24 bits per heavy atom. The molecule has 2 aromatic rings. The summed E-state index contributed by atoms with van der Waals surface area (Å²) in [6.07, 6.45) is 2.22. The molecule has 0 spiro atoms. The lowest BCUT2D eigenvalue weighted by Crippen LogP contribution is -2.27. The number of aromatic nitrogens is 3. The maximum atomic E-state index is 12.5. The van der Waals surface area contributed by atoms with Gasteiger partial charge < -0.3 is 9.94 Å². The summed E-state index contributed by atoms with van der Waals surface area (Å²) in [5.41, 5.74) is 0.192. The number of thiazole rings is 1. The Kier molecular flexibility index (Phi) is 6.23. The quantitative estimate of drug-likeness (QED) is 0.486. The van der Waals surface area contributed by atoms with E-state index in [0.29, 0.717) is 16.7 Å². The zero-order valence-corrected chi connectivity index (χ0v) is 14.8. The molecular formula is C15H19N5O4S. The third-order valence-corrected chi connectivity index (χ3v) is 4.41. The van der Waals surface area contributed by atoms with Gasteiger partial charge in [0, 0.05) is 17.3 Å². The maximum Gasteiger partial charge on any atom is 0.347 e. The lowest BCUT2D eigenvalue weighted by Gasteiger charge is -2.09. The van der Waals surface area contributed by atoms with Crippen LogP contribution in [0.1, 0.15) is 43.7 Å². The summed E-state index contributed by atoms with van der Waals surface area (Å²) < 4.78 is 0. The number of oxime groups is 1. The number of H-pyrrole nitrogens is 1. The Morgan fingerprint density at radius 1 is 1.48 bits per heavy atom. The molecule has 2 aromatic heterocycles. The van der Waals surface area contributed by atoms with Crippen molar-refractivity contribution in [3.8, 4) is 0 Å². The minimum absolute atomic E-state index is 0.113. The van der Waals surface area contributed by atoms with Crippen molar-refractivity contribution in [3.63, 3.8) is 0 Å². The predicted molar refractivity (Wildman–Crippen MR) is 92.8 cm³/mol. The first-order chi connectivity index (χ1) is 11.9. The first-order valence-electron chi connectivity index (χ1n) is 7.65. The molecule has 1 unspecified atom stereocenters. The van der Waals surface area contributed by atoms with E-state index in [2.05, 4.69) is 25.7 Å². The van der Waals surface area contributed by atoms with Gasteiger partial charge in [-0.3, -0.25) is 15.2 Å². The molecule has 10 heteroatoms. The molecule has 1 amide bonds. The van der Waals surface area contributed by atoms with Crippen LogP contribution in [0.25, 0.3) is 0 Å². The van der Waals surface area contributed by atoms with E-state index in [0.717, 1.165) is 4.88 Å². The molecule has 2 rings (SSSR count). The van der Waals surface area contributed by atoms with Crippen molar-refractivity contribution in [2.24, 2.45) is 5.16 Å². The summed E-state index contributed by atoms with van der Waals surface area (Å²) in [7, 11) is 0. The average molecular weight is 365 g/mol. The van der Waals surface area contributed by atoms with Gasteiger partial charge in [0.05, 0.1) is 5.69 Å². The number of aliphatic carboxylic acids is 1. The van der Waals surface area contributed by atoms with E-state index < -0.39 is 18.0 Å². The highest BCUT2D eigenvalue weighted by Crippen LogP contribution is 2.25. The summed E-state index contributed by atoms with van der Waals surface area (Å²) in [6, 6.07) is 1.53. The topological polar surface area (TPSA) is 130 Å². The maximum absolute atomic E-state index is 12.5. The van der Waals surface area contributed by atoms with E-state index in [9.17, 15) is 9.59 Å². The molecule has 0 saturated carbocycles. The van der Waals surface area contributed by atoms with Crippen LogP contribution in [0, 0.1) is 0 Å². The van der Waals surface area contributed by atoms with E-state index in [1.165, 1.54) is 23.6 Å². The second-order valence-corrected chi connectivity index (χ2v) is 6.49. The number of carbonyl (C=O) groups is 2. The van der Waals surface area contributed by atoms with Crippen molar-refractivity contribution < 1.29 is 19.5 Å². The van der Waals surface area contributed by atoms with Gasteiger partial charge >= 0.3 is 5.97 Å². The smallest absolute Gasteiger partial charge is 0.347 e. The molecule has 0 bridgehead atoms. The van der Waals surface area contributed by atoms with Crippen LogP contribution in [0.4, 0.5) is 5.13 Å². The van der Waals surface area contributed by atoms with Gasteiger partial charge in [-0.1, -0.05) is 25.9 Å². The van der Waals surface area contributed by atoms with E-state index in [-0.39, 0.29) is 12.1 Å². The van der Waals surface area contributed by atoms with Gasteiger partial charge in [0.15, 0.2) is 10.8 Å². The number of aromatic amines is 1. The fraction of sp³-hybridized carbons (Fsp3) is 0.400. The molecule has 134 valence electrons. The van der Waals surface area contributed by atoms with Crippen LogP contribution in [0.3, 0.4) is 0 Å². The highest BCUT2D eigenvalue weighted by molar-refractivity contribution is 7.15. The summed E-state index contributed by atoms with van der Waals surface area (Å²) in [5.74, 6) is -1.43. The molecule has 0 aliphatic carbocycles. The minimum Gasteiger partial charge on any atom is -0.478 e. The molecule has 0 radical (unpaired) electrons. The molecule has 0 saturated heterocycles. The molecule has 1 atom stereocenters. The highest BCUT2D eigenvalue weighted by atomic mass is 32.1. The van der Waals surface area contributed by atoms with Crippen molar-refractivity contribution in [1.29, 1.82) is 0 Å². The fourth-order valence-corrected chi connectivity index (χ4v) is 2.59. The van der Waals surface area contributed by atoms with Crippen LogP contribution in [0.5, 0.6) is 0 Å². The van der Waals surface area contributed by atoms with Crippen LogP contribution in [0.2, 0.25) is 0 Å². The van der Waals surface area contributed by atoms with Crippen LogP contribution >= 0.6 is 11.3 Å². The van der Waals surface area contributed by atoms with Crippen molar-refractivity contribution in [3.05, 3.63) is 29.0 Å². The second-order valence-electron chi connectivity index (χ2n) is 5.43. The van der Waals surface area contributed by atoms with Gasteiger partial charge in [-0.05, 0) is 18.4 Å². The minimum atomic E-state index is -1.16. The number of anilines is 1. The van der Waals surface area contributed by atoms with Crippen molar-refractivity contribution >= 4 is 34.1 Å². The van der Waals surface area contributed by atoms with Crippen LogP contribution < -0.4 is 5.32 Å².